The number of hydrogen-bond donors (Lipinski definition) is 1. The molecule has 1 N–H and O–H groups in total. The third kappa shape index (κ3) is 4.71. The SMILES string of the molecule is CC1CCN(S(=O)(=O)c2ccc(NC(=O)Cc3c(F)cccc3Cl)cc2)CC1. The van der Waals surface area contributed by atoms with Gasteiger partial charge in [0.15, 0.2) is 0 Å². The molecule has 0 spiro atoms. The van der Waals surface area contributed by atoms with Gasteiger partial charge < -0.3 is 5.32 Å². The lowest BCUT2D eigenvalue weighted by molar-refractivity contribution is -0.115. The molecular formula is C20H22ClFN2O3S. The Bertz CT molecular complexity index is 936. The number of piperidine rings is 1. The van der Waals surface area contributed by atoms with E-state index in [0.717, 1.165) is 12.8 Å². The molecule has 0 atom stereocenters. The second-order valence-electron chi connectivity index (χ2n) is 7.04. The third-order valence-corrected chi connectivity index (χ3v) is 7.18. The number of amides is 1. The summed E-state index contributed by atoms with van der Waals surface area (Å²) in [5.74, 6) is -0.445. The fourth-order valence-electron chi connectivity index (χ4n) is 3.15. The van der Waals surface area contributed by atoms with Crippen molar-refractivity contribution in [2.75, 3.05) is 18.4 Å². The lowest BCUT2D eigenvalue weighted by Gasteiger charge is -2.29. The van der Waals surface area contributed by atoms with E-state index in [1.54, 1.807) is 0 Å². The normalized spacial score (nSPS) is 16.1. The quantitative estimate of drug-likeness (QED) is 0.786. The number of carbonyl (C=O) groups is 1. The minimum Gasteiger partial charge on any atom is -0.326 e. The number of sulfonamides is 1. The second kappa shape index (κ2) is 8.59. The fourth-order valence-corrected chi connectivity index (χ4v) is 4.85. The molecule has 2 aromatic rings. The first kappa shape index (κ1) is 20.8. The van der Waals surface area contributed by atoms with Gasteiger partial charge in [-0.25, -0.2) is 12.8 Å². The predicted octanol–water partition coefficient (Wildman–Crippen LogP) is 4.08. The first-order chi connectivity index (χ1) is 13.3. The molecule has 8 heteroatoms. The molecule has 0 radical (unpaired) electrons. The van der Waals surface area contributed by atoms with Gasteiger partial charge in [0.25, 0.3) is 0 Å². The van der Waals surface area contributed by atoms with Gasteiger partial charge in [0, 0.05) is 29.4 Å². The first-order valence-corrected chi connectivity index (χ1v) is 10.9. The van der Waals surface area contributed by atoms with E-state index in [1.165, 1.54) is 46.8 Å². The van der Waals surface area contributed by atoms with Crippen LogP contribution >= 0.6 is 11.6 Å². The van der Waals surface area contributed by atoms with Gasteiger partial charge in [-0.3, -0.25) is 4.79 Å². The summed E-state index contributed by atoms with van der Waals surface area (Å²) in [6, 6.07) is 10.2. The van der Waals surface area contributed by atoms with E-state index in [4.69, 9.17) is 11.6 Å². The van der Waals surface area contributed by atoms with E-state index in [9.17, 15) is 17.6 Å². The van der Waals surface area contributed by atoms with E-state index in [0.29, 0.717) is 24.7 Å². The van der Waals surface area contributed by atoms with Crippen molar-refractivity contribution in [3.8, 4) is 0 Å². The molecule has 1 aliphatic rings. The summed E-state index contributed by atoms with van der Waals surface area (Å²) in [7, 11) is -3.54. The van der Waals surface area contributed by atoms with Crippen molar-refractivity contribution in [1.82, 2.24) is 4.31 Å². The average molecular weight is 425 g/mol. The van der Waals surface area contributed by atoms with E-state index in [1.807, 2.05) is 0 Å². The molecule has 1 fully saturated rings. The molecule has 1 saturated heterocycles. The number of anilines is 1. The molecule has 3 rings (SSSR count). The standard InChI is InChI=1S/C20H22ClFN2O3S/c1-14-9-11-24(12-10-14)28(26,27)16-7-5-15(6-8-16)23-20(25)13-17-18(21)3-2-4-19(17)22/h2-8,14H,9-13H2,1H3,(H,23,25). The summed E-state index contributed by atoms with van der Waals surface area (Å²) < 4.78 is 40.8. The number of halogens is 2. The van der Waals surface area contributed by atoms with Crippen LogP contribution in [0, 0.1) is 11.7 Å². The minimum absolute atomic E-state index is 0.125. The van der Waals surface area contributed by atoms with Crippen LogP contribution in [0.15, 0.2) is 47.4 Å². The lowest BCUT2D eigenvalue weighted by atomic mass is 10.0. The summed E-state index contributed by atoms with van der Waals surface area (Å²) in [6.45, 7) is 3.16. The molecule has 5 nitrogen and oxygen atoms in total. The number of rotatable bonds is 5. The monoisotopic (exact) mass is 424 g/mol. The molecule has 0 saturated carbocycles. The highest BCUT2D eigenvalue weighted by Gasteiger charge is 2.27. The molecule has 1 aliphatic heterocycles. The molecule has 0 aliphatic carbocycles. The number of benzene rings is 2. The van der Waals surface area contributed by atoms with Crippen molar-refractivity contribution in [3.05, 3.63) is 58.9 Å². The highest BCUT2D eigenvalue weighted by Crippen LogP contribution is 2.25. The predicted molar refractivity (Wildman–Crippen MR) is 107 cm³/mol. The van der Waals surface area contributed by atoms with E-state index >= 15 is 0 Å². The van der Waals surface area contributed by atoms with Gasteiger partial charge in [0.2, 0.25) is 15.9 Å². The lowest BCUT2D eigenvalue weighted by Crippen LogP contribution is -2.37. The second-order valence-corrected chi connectivity index (χ2v) is 9.38. The molecule has 1 amide bonds. The summed E-state index contributed by atoms with van der Waals surface area (Å²) in [5, 5.41) is 2.82. The van der Waals surface area contributed by atoms with E-state index in [-0.39, 0.29) is 21.9 Å². The summed E-state index contributed by atoms with van der Waals surface area (Å²) in [5.41, 5.74) is 0.559. The fraction of sp³-hybridized carbons (Fsp3) is 0.350. The van der Waals surface area contributed by atoms with Gasteiger partial charge in [-0.15, -0.1) is 0 Å². The Hall–Kier alpha value is -1.96. The smallest absolute Gasteiger partial charge is 0.243 e. The van der Waals surface area contributed by atoms with Crippen LogP contribution in [0.3, 0.4) is 0 Å². The first-order valence-electron chi connectivity index (χ1n) is 9.10. The molecule has 2 aromatic carbocycles. The Balaban J connectivity index is 1.66. The van der Waals surface area contributed by atoms with E-state index in [2.05, 4.69) is 12.2 Å². The van der Waals surface area contributed by atoms with Crippen molar-refractivity contribution in [2.45, 2.75) is 31.1 Å². The van der Waals surface area contributed by atoms with Crippen molar-refractivity contribution in [1.29, 1.82) is 0 Å². The zero-order valence-electron chi connectivity index (χ0n) is 15.5. The third-order valence-electron chi connectivity index (χ3n) is 4.92. The maximum atomic E-state index is 13.8. The summed E-state index contributed by atoms with van der Waals surface area (Å²) in [4.78, 5) is 12.4. The topological polar surface area (TPSA) is 66.5 Å². The highest BCUT2D eigenvalue weighted by atomic mass is 35.5. The zero-order chi connectivity index (χ0) is 20.3. The Kier molecular flexibility index (Phi) is 6.37. The van der Waals surface area contributed by atoms with E-state index < -0.39 is 21.7 Å². The molecule has 0 aromatic heterocycles. The largest absolute Gasteiger partial charge is 0.326 e. The zero-order valence-corrected chi connectivity index (χ0v) is 17.1. The van der Waals surface area contributed by atoms with Crippen molar-refractivity contribution >= 4 is 33.2 Å². The van der Waals surface area contributed by atoms with Crippen LogP contribution in [0.1, 0.15) is 25.3 Å². The summed E-state index contributed by atoms with van der Waals surface area (Å²) >= 11 is 5.94. The van der Waals surface area contributed by atoms with Crippen LogP contribution in [0.4, 0.5) is 10.1 Å². The maximum Gasteiger partial charge on any atom is 0.243 e. The van der Waals surface area contributed by atoms with Crippen LogP contribution in [-0.4, -0.2) is 31.7 Å². The Labute approximate surface area is 169 Å². The molecule has 150 valence electrons. The molecular weight excluding hydrogens is 403 g/mol. The van der Waals surface area contributed by atoms with Gasteiger partial charge in [-0.1, -0.05) is 24.6 Å². The van der Waals surface area contributed by atoms with Crippen LogP contribution in [-0.2, 0) is 21.2 Å². The number of nitrogens with zero attached hydrogens (tertiary/aromatic N) is 1. The van der Waals surface area contributed by atoms with Crippen LogP contribution in [0.5, 0.6) is 0 Å². The Morgan fingerprint density at radius 2 is 1.82 bits per heavy atom. The van der Waals surface area contributed by atoms with Gasteiger partial charge in [-0.2, -0.15) is 4.31 Å². The number of hydrogen-bond acceptors (Lipinski definition) is 3. The van der Waals surface area contributed by atoms with Gasteiger partial charge in [0.1, 0.15) is 5.82 Å². The number of nitrogens with one attached hydrogen (secondary N) is 1. The van der Waals surface area contributed by atoms with Crippen LogP contribution in [0.2, 0.25) is 5.02 Å². The van der Waals surface area contributed by atoms with Crippen molar-refractivity contribution in [2.24, 2.45) is 5.92 Å². The van der Waals surface area contributed by atoms with Crippen molar-refractivity contribution < 1.29 is 17.6 Å². The minimum atomic E-state index is -3.54. The molecule has 0 unspecified atom stereocenters. The van der Waals surface area contributed by atoms with Gasteiger partial charge >= 0.3 is 0 Å². The molecule has 1 heterocycles. The van der Waals surface area contributed by atoms with Crippen molar-refractivity contribution in [3.63, 3.8) is 0 Å². The van der Waals surface area contributed by atoms with Crippen LogP contribution in [0.25, 0.3) is 0 Å². The Morgan fingerprint density at radius 1 is 1.18 bits per heavy atom. The molecule has 28 heavy (non-hydrogen) atoms. The van der Waals surface area contributed by atoms with Crippen LogP contribution < -0.4 is 5.32 Å². The van der Waals surface area contributed by atoms with Gasteiger partial charge in [-0.05, 0) is 55.2 Å². The highest BCUT2D eigenvalue weighted by molar-refractivity contribution is 7.89. The summed E-state index contributed by atoms with van der Waals surface area (Å²) in [6.07, 6.45) is 1.50. The molecule has 0 bridgehead atoms. The average Bonchev–Trinajstić information content (AvgIpc) is 2.66. The maximum absolute atomic E-state index is 13.8. The Morgan fingerprint density at radius 3 is 2.43 bits per heavy atom. The van der Waals surface area contributed by atoms with Gasteiger partial charge in [0.05, 0.1) is 11.3 Å². The number of carbonyl (C=O) groups excluding carboxylic acids is 1.